The van der Waals surface area contributed by atoms with Gasteiger partial charge in [-0.1, -0.05) is 26.0 Å². The highest BCUT2D eigenvalue weighted by Crippen LogP contribution is 2.48. The molecule has 0 N–H and O–H groups in total. The van der Waals surface area contributed by atoms with Crippen molar-refractivity contribution in [3.8, 4) is 0 Å². The van der Waals surface area contributed by atoms with Crippen LogP contribution in [0, 0.1) is 5.92 Å². The Morgan fingerprint density at radius 2 is 2.00 bits per heavy atom. The molecular formula is C19H24N3O2+. The average Bonchev–Trinajstić information content (AvgIpc) is 2.86. The SMILES string of the molecule is CC(=O)OC(C)(C)[N+]1(CC(C)C)C=Nc2cnc3ccccc3c21. The smallest absolute Gasteiger partial charge is 0.307 e. The van der Waals surface area contributed by atoms with Gasteiger partial charge in [-0.05, 0) is 12.1 Å². The summed E-state index contributed by atoms with van der Waals surface area (Å²) in [5.74, 6) is 0.102. The second-order valence-electron chi connectivity index (χ2n) is 7.24. The number of hydrogen-bond acceptors (Lipinski definition) is 4. The number of para-hydroxylation sites is 1. The molecule has 1 atom stereocenters. The number of carbonyl (C=O) groups is 1. The van der Waals surface area contributed by atoms with E-state index >= 15 is 0 Å². The fourth-order valence-corrected chi connectivity index (χ4v) is 3.62. The standard InChI is InChI=1S/C19H24N3O2/c1-13(2)11-22(19(4,5)24-14(3)23)12-21-17-10-20-16-9-7-6-8-15(16)18(17)22/h6-10,12-13H,11H2,1-5H3/q+1. The van der Waals surface area contributed by atoms with Gasteiger partial charge in [-0.2, -0.15) is 4.99 Å². The zero-order chi connectivity index (χ0) is 17.5. The molecule has 24 heavy (non-hydrogen) atoms. The number of ether oxygens (including phenoxy) is 1. The zero-order valence-corrected chi connectivity index (χ0v) is 14.9. The molecule has 1 unspecified atom stereocenters. The molecule has 2 heterocycles. The largest absolute Gasteiger partial charge is 0.410 e. The molecule has 0 fully saturated rings. The topological polar surface area (TPSA) is 51.5 Å². The Hall–Kier alpha value is -2.27. The van der Waals surface area contributed by atoms with E-state index in [2.05, 4.69) is 29.9 Å². The summed E-state index contributed by atoms with van der Waals surface area (Å²) in [6.45, 7) is 10.5. The van der Waals surface area contributed by atoms with Gasteiger partial charge in [-0.3, -0.25) is 9.78 Å². The van der Waals surface area contributed by atoms with Crippen molar-refractivity contribution < 1.29 is 9.53 Å². The van der Waals surface area contributed by atoms with Gasteiger partial charge in [0.05, 0.1) is 23.6 Å². The molecule has 0 saturated carbocycles. The Morgan fingerprint density at radius 3 is 2.67 bits per heavy atom. The Balaban J connectivity index is 2.29. The van der Waals surface area contributed by atoms with Crippen molar-refractivity contribution in [2.45, 2.75) is 40.3 Å². The van der Waals surface area contributed by atoms with E-state index < -0.39 is 5.72 Å². The molecule has 5 heteroatoms. The average molecular weight is 326 g/mol. The summed E-state index contributed by atoms with van der Waals surface area (Å²) in [5, 5.41) is 1.05. The second-order valence-corrected chi connectivity index (χ2v) is 7.24. The van der Waals surface area contributed by atoms with E-state index in [0.29, 0.717) is 10.4 Å². The molecule has 2 aromatic rings. The lowest BCUT2D eigenvalue weighted by Crippen LogP contribution is -2.64. The van der Waals surface area contributed by atoms with Crippen LogP contribution in [0.2, 0.25) is 0 Å². The monoisotopic (exact) mass is 326 g/mol. The highest BCUT2D eigenvalue weighted by Gasteiger charge is 2.53. The molecule has 0 amide bonds. The molecule has 1 aliphatic rings. The Bertz CT molecular complexity index is 826. The quantitative estimate of drug-likeness (QED) is 0.626. The fourth-order valence-electron chi connectivity index (χ4n) is 3.62. The summed E-state index contributed by atoms with van der Waals surface area (Å²) in [7, 11) is 0. The Morgan fingerprint density at radius 1 is 1.29 bits per heavy atom. The van der Waals surface area contributed by atoms with Gasteiger partial charge in [0, 0.05) is 26.7 Å². The van der Waals surface area contributed by atoms with E-state index in [1.165, 1.54) is 6.92 Å². The van der Waals surface area contributed by atoms with Crippen LogP contribution in [0.3, 0.4) is 0 Å². The van der Waals surface area contributed by atoms with Crippen molar-refractivity contribution in [1.29, 1.82) is 0 Å². The van der Waals surface area contributed by atoms with Gasteiger partial charge in [-0.25, -0.2) is 4.48 Å². The molecule has 1 aliphatic heterocycles. The lowest BCUT2D eigenvalue weighted by molar-refractivity contribution is -0.165. The van der Waals surface area contributed by atoms with Gasteiger partial charge < -0.3 is 4.74 Å². The van der Waals surface area contributed by atoms with Gasteiger partial charge in [0.25, 0.3) is 5.72 Å². The van der Waals surface area contributed by atoms with Crippen LogP contribution in [0.4, 0.5) is 11.4 Å². The zero-order valence-electron chi connectivity index (χ0n) is 14.9. The first kappa shape index (κ1) is 16.6. The third-order valence-corrected chi connectivity index (χ3v) is 4.53. The number of rotatable bonds is 4. The normalized spacial score (nSPS) is 19.8. The first-order valence-electron chi connectivity index (χ1n) is 8.28. The highest BCUT2D eigenvalue weighted by atomic mass is 16.6. The predicted octanol–water partition coefficient (Wildman–Crippen LogP) is 4.17. The van der Waals surface area contributed by atoms with E-state index in [0.717, 1.165) is 28.8 Å². The first-order valence-corrected chi connectivity index (χ1v) is 8.28. The molecule has 1 aromatic carbocycles. The highest BCUT2D eigenvalue weighted by molar-refractivity contribution is 6.04. The summed E-state index contributed by atoms with van der Waals surface area (Å²) < 4.78 is 6.13. The summed E-state index contributed by atoms with van der Waals surface area (Å²) in [5.41, 5.74) is 2.05. The van der Waals surface area contributed by atoms with Crippen LogP contribution in [-0.2, 0) is 9.53 Å². The summed E-state index contributed by atoms with van der Waals surface area (Å²) >= 11 is 0. The number of nitrogens with zero attached hydrogens (tertiary/aromatic N) is 3. The fraction of sp³-hybridized carbons (Fsp3) is 0.421. The predicted molar refractivity (Wildman–Crippen MR) is 97.2 cm³/mol. The van der Waals surface area contributed by atoms with Crippen molar-refractivity contribution in [3.05, 3.63) is 30.5 Å². The molecule has 0 aliphatic carbocycles. The second kappa shape index (κ2) is 5.67. The van der Waals surface area contributed by atoms with Crippen molar-refractivity contribution in [2.75, 3.05) is 6.54 Å². The first-order chi connectivity index (χ1) is 11.3. The number of esters is 1. The molecule has 5 nitrogen and oxygen atoms in total. The molecule has 3 rings (SSSR count). The third-order valence-electron chi connectivity index (χ3n) is 4.53. The van der Waals surface area contributed by atoms with Gasteiger partial charge in [-0.15, -0.1) is 0 Å². The summed E-state index contributed by atoms with van der Waals surface area (Å²) in [4.78, 5) is 20.9. The minimum absolute atomic E-state index is 0.290. The Kier molecular flexibility index (Phi) is 3.92. The van der Waals surface area contributed by atoms with Crippen LogP contribution >= 0.6 is 0 Å². The molecule has 0 bridgehead atoms. The van der Waals surface area contributed by atoms with Gasteiger partial charge >= 0.3 is 5.97 Å². The van der Waals surface area contributed by atoms with E-state index in [9.17, 15) is 4.79 Å². The van der Waals surface area contributed by atoms with Crippen molar-refractivity contribution in [2.24, 2.45) is 10.9 Å². The van der Waals surface area contributed by atoms with Gasteiger partial charge in [0.1, 0.15) is 5.69 Å². The van der Waals surface area contributed by atoms with Gasteiger partial charge in [0.15, 0.2) is 12.0 Å². The summed E-state index contributed by atoms with van der Waals surface area (Å²) in [6, 6.07) is 8.04. The van der Waals surface area contributed by atoms with Crippen LogP contribution in [0.1, 0.15) is 34.6 Å². The maximum Gasteiger partial charge on any atom is 0.307 e. The number of fused-ring (bicyclic) bond motifs is 3. The number of pyridine rings is 1. The number of hydrogen-bond donors (Lipinski definition) is 0. The van der Waals surface area contributed by atoms with Crippen LogP contribution in [0.5, 0.6) is 0 Å². The molecule has 0 radical (unpaired) electrons. The molecule has 126 valence electrons. The van der Waals surface area contributed by atoms with Crippen molar-refractivity contribution >= 4 is 34.6 Å². The number of quaternary nitrogens is 1. The van der Waals surface area contributed by atoms with E-state index in [1.807, 2.05) is 38.4 Å². The molecule has 0 spiro atoms. The molecule has 1 aromatic heterocycles. The van der Waals surface area contributed by atoms with Gasteiger partial charge in [0.2, 0.25) is 0 Å². The van der Waals surface area contributed by atoms with Crippen LogP contribution in [0.15, 0.2) is 35.5 Å². The van der Waals surface area contributed by atoms with Crippen molar-refractivity contribution in [1.82, 2.24) is 9.47 Å². The Labute approximate surface area is 142 Å². The van der Waals surface area contributed by atoms with Crippen LogP contribution in [0.25, 0.3) is 10.9 Å². The third kappa shape index (κ3) is 2.49. The molecular weight excluding hydrogens is 302 g/mol. The van der Waals surface area contributed by atoms with Crippen molar-refractivity contribution in [3.63, 3.8) is 0 Å². The van der Waals surface area contributed by atoms with E-state index in [4.69, 9.17) is 4.74 Å². The minimum Gasteiger partial charge on any atom is -0.410 e. The summed E-state index contributed by atoms with van der Waals surface area (Å²) in [6.07, 6.45) is 3.71. The van der Waals surface area contributed by atoms with E-state index in [1.54, 1.807) is 6.20 Å². The van der Waals surface area contributed by atoms with Crippen LogP contribution in [-0.4, -0.2) is 29.6 Å². The van der Waals surface area contributed by atoms with E-state index in [-0.39, 0.29) is 5.97 Å². The maximum absolute atomic E-state index is 11.7. The number of carbonyl (C=O) groups excluding carboxylic acids is 1. The minimum atomic E-state index is -0.769. The number of aromatic nitrogens is 1. The lowest BCUT2D eigenvalue weighted by Gasteiger charge is -2.44. The van der Waals surface area contributed by atoms with Crippen LogP contribution < -0.4 is 4.48 Å². The lowest BCUT2D eigenvalue weighted by atomic mass is 10.0. The number of aliphatic imine (C=N–C) groups is 1. The number of benzene rings is 1. The molecule has 0 saturated heterocycles. The maximum atomic E-state index is 11.7.